The zero-order valence-corrected chi connectivity index (χ0v) is 10.8. The van der Waals surface area contributed by atoms with Crippen molar-refractivity contribution in [3.05, 3.63) is 11.7 Å². The van der Waals surface area contributed by atoms with Crippen LogP contribution in [-0.2, 0) is 11.2 Å². The number of rotatable bonds is 8. The molecule has 3 N–H and O–H groups in total. The molecular weight excluding hydrogens is 252 g/mol. The first-order chi connectivity index (χ1) is 9.08. The Balaban J connectivity index is 2.00. The molecule has 0 saturated heterocycles. The number of unbranched alkanes of at least 4 members (excludes halogenated alkanes) is 1. The van der Waals surface area contributed by atoms with Crippen molar-refractivity contribution in [2.45, 2.75) is 32.6 Å². The number of carboxylic acids is 1. The fraction of sp³-hybridized carbons (Fsp3) is 0.636. The number of hydrogen-bond acceptors (Lipinski definition) is 5. The van der Waals surface area contributed by atoms with Gasteiger partial charge in [0.05, 0.1) is 0 Å². The molecule has 1 heterocycles. The zero-order valence-electron chi connectivity index (χ0n) is 10.8. The lowest BCUT2D eigenvalue weighted by atomic mass is 10.2. The van der Waals surface area contributed by atoms with E-state index in [9.17, 15) is 9.59 Å². The van der Waals surface area contributed by atoms with Crippen molar-refractivity contribution >= 4 is 12.0 Å². The van der Waals surface area contributed by atoms with Gasteiger partial charge in [0.15, 0.2) is 5.82 Å². The molecule has 0 bridgehead atoms. The van der Waals surface area contributed by atoms with Gasteiger partial charge in [-0.1, -0.05) is 5.16 Å². The van der Waals surface area contributed by atoms with E-state index in [1.165, 1.54) is 0 Å². The highest BCUT2D eigenvalue weighted by Gasteiger charge is 2.04. The molecule has 0 radical (unpaired) electrons. The van der Waals surface area contributed by atoms with Crippen LogP contribution in [0.25, 0.3) is 0 Å². The second-order valence-electron chi connectivity index (χ2n) is 4.01. The Morgan fingerprint density at radius 2 is 2.00 bits per heavy atom. The van der Waals surface area contributed by atoms with Crippen molar-refractivity contribution in [3.63, 3.8) is 0 Å². The molecule has 8 heteroatoms. The minimum absolute atomic E-state index is 0.125. The van der Waals surface area contributed by atoms with Gasteiger partial charge >= 0.3 is 12.0 Å². The topological polar surface area (TPSA) is 117 Å². The summed E-state index contributed by atoms with van der Waals surface area (Å²) in [6, 6.07) is -0.282. The molecule has 0 spiro atoms. The standard InChI is InChI=1S/C11H18N4O4/c1-8-14-9(15-19-8)5-7-13-11(18)12-6-3-2-4-10(16)17/h2-7H2,1H3,(H,16,17)(H2,12,13,18). The minimum Gasteiger partial charge on any atom is -0.481 e. The van der Waals surface area contributed by atoms with E-state index < -0.39 is 5.97 Å². The normalized spacial score (nSPS) is 10.2. The molecule has 0 saturated carbocycles. The molecule has 0 aromatic carbocycles. The molecule has 0 aliphatic heterocycles. The summed E-state index contributed by atoms with van der Waals surface area (Å²) in [4.78, 5) is 25.6. The number of nitrogens with zero attached hydrogens (tertiary/aromatic N) is 2. The summed E-state index contributed by atoms with van der Waals surface area (Å²) in [6.45, 7) is 2.58. The van der Waals surface area contributed by atoms with Crippen LogP contribution in [0.5, 0.6) is 0 Å². The van der Waals surface area contributed by atoms with E-state index in [1.54, 1.807) is 6.92 Å². The first-order valence-electron chi connectivity index (χ1n) is 6.10. The quantitative estimate of drug-likeness (QED) is 0.591. The Kier molecular flexibility index (Phi) is 6.34. The third-order valence-corrected chi connectivity index (χ3v) is 2.31. The van der Waals surface area contributed by atoms with Crippen LogP contribution in [0.4, 0.5) is 4.79 Å². The largest absolute Gasteiger partial charge is 0.481 e. The maximum Gasteiger partial charge on any atom is 0.314 e. The first-order valence-corrected chi connectivity index (χ1v) is 6.10. The number of carbonyl (C=O) groups is 2. The first kappa shape index (κ1) is 14.9. The summed E-state index contributed by atoms with van der Waals surface area (Å²) in [6.07, 6.45) is 1.83. The Morgan fingerprint density at radius 1 is 1.26 bits per heavy atom. The third-order valence-electron chi connectivity index (χ3n) is 2.31. The summed E-state index contributed by atoms with van der Waals surface area (Å²) < 4.78 is 4.80. The number of urea groups is 1. The second-order valence-corrected chi connectivity index (χ2v) is 4.01. The van der Waals surface area contributed by atoms with E-state index in [0.29, 0.717) is 44.1 Å². The molecule has 1 aromatic heterocycles. The van der Waals surface area contributed by atoms with Gasteiger partial charge in [-0.25, -0.2) is 4.79 Å². The van der Waals surface area contributed by atoms with Gasteiger partial charge in [-0.2, -0.15) is 4.98 Å². The maximum absolute atomic E-state index is 11.3. The van der Waals surface area contributed by atoms with Gasteiger partial charge in [0.2, 0.25) is 5.89 Å². The van der Waals surface area contributed by atoms with E-state index in [1.807, 2.05) is 0 Å². The van der Waals surface area contributed by atoms with Crippen LogP contribution in [0, 0.1) is 6.92 Å². The monoisotopic (exact) mass is 270 g/mol. The minimum atomic E-state index is -0.820. The summed E-state index contributed by atoms with van der Waals surface area (Å²) in [5, 5.41) is 17.4. The number of aromatic nitrogens is 2. The Labute approximate surface area is 110 Å². The predicted octanol–water partition coefficient (Wildman–Crippen LogP) is 0.475. The number of aryl methyl sites for hydroxylation is 1. The molecule has 1 aromatic rings. The van der Waals surface area contributed by atoms with Crippen molar-refractivity contribution < 1.29 is 19.2 Å². The van der Waals surface area contributed by atoms with Gasteiger partial charge in [-0.15, -0.1) is 0 Å². The average molecular weight is 270 g/mol. The number of nitrogens with one attached hydrogen (secondary N) is 2. The smallest absolute Gasteiger partial charge is 0.314 e. The van der Waals surface area contributed by atoms with Crippen LogP contribution in [0.1, 0.15) is 31.0 Å². The Hall–Kier alpha value is -2.12. The fourth-order valence-electron chi connectivity index (χ4n) is 1.40. The van der Waals surface area contributed by atoms with Crippen LogP contribution in [-0.4, -0.2) is 40.3 Å². The second kappa shape index (κ2) is 8.06. The van der Waals surface area contributed by atoms with Crippen LogP contribution in [0.2, 0.25) is 0 Å². The molecule has 2 amide bonds. The van der Waals surface area contributed by atoms with Crippen molar-refractivity contribution in [1.29, 1.82) is 0 Å². The predicted molar refractivity (Wildman–Crippen MR) is 65.6 cm³/mol. The van der Waals surface area contributed by atoms with Gasteiger partial charge in [-0.05, 0) is 12.8 Å². The molecule has 0 fully saturated rings. The molecule has 8 nitrogen and oxygen atoms in total. The van der Waals surface area contributed by atoms with Crippen molar-refractivity contribution in [1.82, 2.24) is 20.8 Å². The van der Waals surface area contributed by atoms with Crippen molar-refractivity contribution in [2.24, 2.45) is 0 Å². The van der Waals surface area contributed by atoms with Gasteiger partial charge in [0.1, 0.15) is 0 Å². The molecular formula is C11H18N4O4. The highest BCUT2D eigenvalue weighted by atomic mass is 16.5. The molecule has 0 aliphatic rings. The third kappa shape index (κ3) is 7.02. The highest BCUT2D eigenvalue weighted by Crippen LogP contribution is 1.95. The summed E-state index contributed by atoms with van der Waals surface area (Å²) in [7, 11) is 0. The van der Waals surface area contributed by atoms with Gasteiger partial charge < -0.3 is 20.3 Å². The number of aliphatic carboxylic acids is 1. The number of hydrogen-bond donors (Lipinski definition) is 3. The lowest BCUT2D eigenvalue weighted by molar-refractivity contribution is -0.137. The number of amides is 2. The van der Waals surface area contributed by atoms with E-state index >= 15 is 0 Å². The van der Waals surface area contributed by atoms with Crippen LogP contribution in [0.3, 0.4) is 0 Å². The Bertz CT molecular complexity index is 419. The zero-order chi connectivity index (χ0) is 14.1. The van der Waals surface area contributed by atoms with Crippen LogP contribution < -0.4 is 10.6 Å². The van der Waals surface area contributed by atoms with Crippen LogP contribution in [0.15, 0.2) is 4.52 Å². The van der Waals surface area contributed by atoms with E-state index in [4.69, 9.17) is 9.63 Å². The van der Waals surface area contributed by atoms with E-state index in [0.717, 1.165) is 0 Å². The fourth-order valence-corrected chi connectivity index (χ4v) is 1.40. The summed E-state index contributed by atoms with van der Waals surface area (Å²) in [5.41, 5.74) is 0. The molecule has 0 atom stereocenters. The van der Waals surface area contributed by atoms with Crippen molar-refractivity contribution in [2.75, 3.05) is 13.1 Å². The average Bonchev–Trinajstić information content (AvgIpc) is 2.74. The van der Waals surface area contributed by atoms with Crippen molar-refractivity contribution in [3.8, 4) is 0 Å². The highest BCUT2D eigenvalue weighted by molar-refractivity contribution is 5.73. The van der Waals surface area contributed by atoms with Crippen LogP contribution >= 0.6 is 0 Å². The molecule has 106 valence electrons. The van der Waals surface area contributed by atoms with Gasteiger partial charge in [-0.3, -0.25) is 4.79 Å². The Morgan fingerprint density at radius 3 is 2.63 bits per heavy atom. The van der Waals surface area contributed by atoms with E-state index in [-0.39, 0.29) is 12.5 Å². The summed E-state index contributed by atoms with van der Waals surface area (Å²) in [5.74, 6) is 0.233. The van der Waals surface area contributed by atoms with Gasteiger partial charge in [0, 0.05) is 32.9 Å². The summed E-state index contributed by atoms with van der Waals surface area (Å²) >= 11 is 0. The molecule has 1 rings (SSSR count). The SMILES string of the molecule is Cc1nc(CCNC(=O)NCCCCC(=O)O)no1. The molecule has 0 unspecified atom stereocenters. The van der Waals surface area contributed by atoms with E-state index in [2.05, 4.69) is 20.8 Å². The number of carbonyl (C=O) groups excluding carboxylic acids is 1. The lowest BCUT2D eigenvalue weighted by Gasteiger charge is -2.05. The number of carboxylic acid groups (broad SMARTS) is 1. The molecule has 0 aliphatic carbocycles. The maximum atomic E-state index is 11.3. The van der Waals surface area contributed by atoms with Gasteiger partial charge in [0.25, 0.3) is 0 Å². The molecule has 19 heavy (non-hydrogen) atoms. The lowest BCUT2D eigenvalue weighted by Crippen LogP contribution is -2.37.